The van der Waals surface area contributed by atoms with Crippen LogP contribution in [0.4, 0.5) is 10.1 Å². The van der Waals surface area contributed by atoms with E-state index in [2.05, 4.69) is 10.2 Å². The Morgan fingerprint density at radius 1 is 1.47 bits per heavy atom. The van der Waals surface area contributed by atoms with E-state index in [0.29, 0.717) is 5.92 Å². The van der Waals surface area contributed by atoms with Gasteiger partial charge in [0.15, 0.2) is 0 Å². The lowest BCUT2D eigenvalue weighted by molar-refractivity contribution is 0.383. The molecule has 1 aromatic rings. The number of nitrogens with zero attached hydrogens (tertiary/aromatic N) is 1. The summed E-state index contributed by atoms with van der Waals surface area (Å²) in [6, 6.07) is 5.26. The number of halogens is 1. The first-order valence-corrected chi connectivity index (χ1v) is 5.35. The molecule has 0 amide bonds. The van der Waals surface area contributed by atoms with Gasteiger partial charge in [0, 0.05) is 23.7 Å². The fourth-order valence-corrected chi connectivity index (χ4v) is 2.10. The van der Waals surface area contributed by atoms with E-state index in [-0.39, 0.29) is 5.82 Å². The zero-order valence-corrected chi connectivity index (χ0v) is 9.26. The van der Waals surface area contributed by atoms with Crippen LogP contribution in [-0.4, -0.2) is 32.1 Å². The summed E-state index contributed by atoms with van der Waals surface area (Å²) < 4.78 is 13.6. The van der Waals surface area contributed by atoms with Gasteiger partial charge < -0.3 is 10.2 Å². The van der Waals surface area contributed by atoms with E-state index < -0.39 is 0 Å². The Labute approximate surface area is 90.1 Å². The predicted molar refractivity (Wildman–Crippen MR) is 60.8 cm³/mol. The van der Waals surface area contributed by atoms with Crippen molar-refractivity contribution in [3.8, 4) is 0 Å². The van der Waals surface area contributed by atoms with E-state index in [9.17, 15) is 4.39 Å². The second-order valence-corrected chi connectivity index (χ2v) is 4.37. The minimum Gasteiger partial charge on any atom is -0.384 e. The third kappa shape index (κ3) is 2.12. The molecule has 1 atom stereocenters. The number of hydrogen-bond donors (Lipinski definition) is 1. The highest BCUT2D eigenvalue weighted by Gasteiger charge is 2.24. The maximum absolute atomic E-state index is 13.6. The Balaban J connectivity index is 2.13. The van der Waals surface area contributed by atoms with Gasteiger partial charge in [-0.1, -0.05) is 6.07 Å². The SMILES string of the molecule is CN(C)CC[C@@H]1CNc2cccc(F)c21. The molecular weight excluding hydrogens is 191 g/mol. The minimum absolute atomic E-state index is 0.0683. The largest absolute Gasteiger partial charge is 0.384 e. The molecule has 82 valence electrons. The molecule has 1 N–H and O–H groups in total. The normalized spacial score (nSPS) is 19.1. The molecule has 0 radical (unpaired) electrons. The van der Waals surface area contributed by atoms with Gasteiger partial charge in [0.25, 0.3) is 0 Å². The maximum Gasteiger partial charge on any atom is 0.128 e. The second kappa shape index (κ2) is 4.19. The summed E-state index contributed by atoms with van der Waals surface area (Å²) in [7, 11) is 4.09. The zero-order chi connectivity index (χ0) is 10.8. The Kier molecular flexibility index (Phi) is 2.91. The standard InChI is InChI=1S/C12H17FN2/c1-15(2)7-6-9-8-14-11-5-3-4-10(13)12(9)11/h3-5,9,14H,6-8H2,1-2H3/t9-/m1/s1. The van der Waals surface area contributed by atoms with Crippen molar-refractivity contribution in [2.24, 2.45) is 0 Å². The smallest absolute Gasteiger partial charge is 0.128 e. The molecule has 2 rings (SSSR count). The number of fused-ring (bicyclic) bond motifs is 1. The van der Waals surface area contributed by atoms with Gasteiger partial charge in [-0.2, -0.15) is 0 Å². The number of nitrogens with one attached hydrogen (secondary N) is 1. The molecule has 0 aliphatic carbocycles. The van der Waals surface area contributed by atoms with Crippen molar-refractivity contribution < 1.29 is 4.39 Å². The second-order valence-electron chi connectivity index (χ2n) is 4.37. The van der Waals surface area contributed by atoms with Crippen molar-refractivity contribution in [1.82, 2.24) is 4.90 Å². The fourth-order valence-electron chi connectivity index (χ4n) is 2.10. The Bertz CT molecular complexity index is 349. The topological polar surface area (TPSA) is 15.3 Å². The molecule has 1 aromatic carbocycles. The van der Waals surface area contributed by atoms with Gasteiger partial charge in [-0.15, -0.1) is 0 Å². The van der Waals surface area contributed by atoms with Crippen molar-refractivity contribution in [3.63, 3.8) is 0 Å². The van der Waals surface area contributed by atoms with E-state index >= 15 is 0 Å². The van der Waals surface area contributed by atoms with Crippen LogP contribution in [0.2, 0.25) is 0 Å². The van der Waals surface area contributed by atoms with E-state index in [1.807, 2.05) is 20.2 Å². The third-order valence-corrected chi connectivity index (χ3v) is 2.92. The van der Waals surface area contributed by atoms with Crippen LogP contribution in [0.3, 0.4) is 0 Å². The van der Waals surface area contributed by atoms with Crippen LogP contribution in [0.5, 0.6) is 0 Å². The molecular formula is C12H17FN2. The van der Waals surface area contributed by atoms with Crippen molar-refractivity contribution in [2.75, 3.05) is 32.5 Å². The molecule has 0 spiro atoms. The molecule has 0 saturated carbocycles. The highest BCUT2D eigenvalue weighted by atomic mass is 19.1. The van der Waals surface area contributed by atoms with E-state index in [4.69, 9.17) is 0 Å². The van der Waals surface area contributed by atoms with Gasteiger partial charge in [-0.3, -0.25) is 0 Å². The highest BCUT2D eigenvalue weighted by molar-refractivity contribution is 5.58. The molecule has 15 heavy (non-hydrogen) atoms. The molecule has 3 heteroatoms. The molecule has 0 saturated heterocycles. The van der Waals surface area contributed by atoms with Crippen molar-refractivity contribution in [1.29, 1.82) is 0 Å². The molecule has 1 heterocycles. The van der Waals surface area contributed by atoms with Crippen LogP contribution in [0.25, 0.3) is 0 Å². The average Bonchev–Trinajstić information content (AvgIpc) is 2.59. The summed E-state index contributed by atoms with van der Waals surface area (Å²) in [5.41, 5.74) is 1.85. The quantitative estimate of drug-likeness (QED) is 0.820. The van der Waals surface area contributed by atoms with Crippen molar-refractivity contribution >= 4 is 5.69 Å². The summed E-state index contributed by atoms with van der Waals surface area (Å²) in [5.74, 6) is 0.254. The highest BCUT2D eigenvalue weighted by Crippen LogP contribution is 2.35. The molecule has 1 aliphatic rings. The maximum atomic E-state index is 13.6. The van der Waals surface area contributed by atoms with E-state index in [0.717, 1.165) is 30.8 Å². The van der Waals surface area contributed by atoms with Gasteiger partial charge in [0.05, 0.1) is 0 Å². The molecule has 0 aromatic heterocycles. The summed E-state index contributed by atoms with van der Waals surface area (Å²) >= 11 is 0. The lowest BCUT2D eigenvalue weighted by Crippen LogP contribution is -2.17. The minimum atomic E-state index is -0.0683. The van der Waals surface area contributed by atoms with Gasteiger partial charge in [-0.05, 0) is 39.2 Å². The van der Waals surface area contributed by atoms with E-state index in [1.165, 1.54) is 0 Å². The van der Waals surface area contributed by atoms with Crippen molar-refractivity contribution in [3.05, 3.63) is 29.6 Å². The Morgan fingerprint density at radius 3 is 3.00 bits per heavy atom. The third-order valence-electron chi connectivity index (χ3n) is 2.92. The Morgan fingerprint density at radius 2 is 2.27 bits per heavy atom. The molecule has 0 fully saturated rings. The number of benzene rings is 1. The van der Waals surface area contributed by atoms with Crippen LogP contribution in [0.1, 0.15) is 17.9 Å². The summed E-state index contributed by atoms with van der Waals surface area (Å²) in [6.45, 7) is 1.87. The Hall–Kier alpha value is -1.09. The summed E-state index contributed by atoms with van der Waals surface area (Å²) in [5, 5.41) is 3.26. The first-order valence-electron chi connectivity index (χ1n) is 5.35. The lowest BCUT2D eigenvalue weighted by Gasteiger charge is -2.14. The van der Waals surface area contributed by atoms with Gasteiger partial charge in [-0.25, -0.2) is 4.39 Å². The zero-order valence-electron chi connectivity index (χ0n) is 9.26. The van der Waals surface area contributed by atoms with E-state index in [1.54, 1.807) is 12.1 Å². The molecule has 2 nitrogen and oxygen atoms in total. The average molecular weight is 208 g/mol. The van der Waals surface area contributed by atoms with Crippen LogP contribution < -0.4 is 5.32 Å². The van der Waals surface area contributed by atoms with Crippen LogP contribution in [0.15, 0.2) is 18.2 Å². The van der Waals surface area contributed by atoms with Crippen LogP contribution in [0, 0.1) is 5.82 Å². The van der Waals surface area contributed by atoms with Crippen LogP contribution in [-0.2, 0) is 0 Å². The van der Waals surface area contributed by atoms with Crippen molar-refractivity contribution in [2.45, 2.75) is 12.3 Å². The predicted octanol–water partition coefficient (Wildman–Crippen LogP) is 2.29. The summed E-state index contributed by atoms with van der Waals surface area (Å²) in [6.07, 6.45) is 1.01. The monoisotopic (exact) mass is 208 g/mol. The molecule has 1 aliphatic heterocycles. The van der Waals surface area contributed by atoms with Gasteiger partial charge in [0.2, 0.25) is 0 Å². The fraction of sp³-hybridized carbons (Fsp3) is 0.500. The number of anilines is 1. The molecule has 0 unspecified atom stereocenters. The molecule has 0 bridgehead atoms. The van der Waals surface area contributed by atoms with Gasteiger partial charge in [0.1, 0.15) is 5.82 Å². The lowest BCUT2D eigenvalue weighted by atomic mass is 9.97. The first-order chi connectivity index (χ1) is 7.18. The first kappa shape index (κ1) is 10.4. The van der Waals surface area contributed by atoms with Gasteiger partial charge >= 0.3 is 0 Å². The van der Waals surface area contributed by atoms with Crippen LogP contribution >= 0.6 is 0 Å². The number of rotatable bonds is 3. The summed E-state index contributed by atoms with van der Waals surface area (Å²) in [4.78, 5) is 2.14. The number of hydrogen-bond acceptors (Lipinski definition) is 2.